The molecule has 1 aromatic heterocycles. The lowest BCUT2D eigenvalue weighted by atomic mass is 10.3. The molecule has 6 heteroatoms. The van der Waals surface area contributed by atoms with Gasteiger partial charge in [0.1, 0.15) is 0 Å². The third-order valence-electron chi connectivity index (χ3n) is 3.31. The van der Waals surface area contributed by atoms with Crippen LogP contribution >= 0.6 is 0 Å². The van der Waals surface area contributed by atoms with E-state index in [1.54, 1.807) is 6.20 Å². The van der Waals surface area contributed by atoms with Crippen LogP contribution in [0.3, 0.4) is 0 Å². The van der Waals surface area contributed by atoms with Gasteiger partial charge in [0.25, 0.3) is 0 Å². The van der Waals surface area contributed by atoms with Gasteiger partial charge < -0.3 is 15.5 Å². The summed E-state index contributed by atoms with van der Waals surface area (Å²) in [6.07, 6.45) is 6.20. The van der Waals surface area contributed by atoms with E-state index in [2.05, 4.69) is 20.6 Å². The van der Waals surface area contributed by atoms with Crippen LogP contribution in [0.1, 0.15) is 19.8 Å². The van der Waals surface area contributed by atoms with Gasteiger partial charge in [0, 0.05) is 31.5 Å². The van der Waals surface area contributed by atoms with Gasteiger partial charge in [0.05, 0.1) is 6.54 Å². The highest BCUT2D eigenvalue weighted by atomic mass is 16.2. The largest absolute Gasteiger partial charge is 0.337 e. The number of nitrogens with one attached hydrogen (secondary N) is 2. The molecule has 1 saturated heterocycles. The molecule has 0 aliphatic carbocycles. The van der Waals surface area contributed by atoms with Gasteiger partial charge in [-0.25, -0.2) is 4.79 Å². The first-order chi connectivity index (χ1) is 9.24. The molecule has 1 atom stereocenters. The van der Waals surface area contributed by atoms with E-state index in [9.17, 15) is 4.79 Å². The quantitative estimate of drug-likeness (QED) is 0.794. The van der Waals surface area contributed by atoms with Crippen molar-refractivity contribution in [2.45, 2.75) is 32.4 Å². The maximum Gasteiger partial charge on any atom is 0.315 e. The van der Waals surface area contributed by atoms with E-state index < -0.39 is 0 Å². The molecule has 2 N–H and O–H groups in total. The average molecular weight is 265 g/mol. The first-order valence-electron chi connectivity index (χ1n) is 6.98. The normalized spacial score (nSPS) is 17.3. The van der Waals surface area contributed by atoms with Crippen molar-refractivity contribution in [1.29, 1.82) is 0 Å². The predicted molar refractivity (Wildman–Crippen MR) is 73.9 cm³/mol. The molecule has 19 heavy (non-hydrogen) atoms. The number of nitrogens with zero attached hydrogens (tertiary/aromatic N) is 3. The Hall–Kier alpha value is -1.56. The van der Waals surface area contributed by atoms with Crippen molar-refractivity contribution in [2.75, 3.05) is 26.2 Å². The summed E-state index contributed by atoms with van der Waals surface area (Å²) < 4.78 is 1.81. The zero-order chi connectivity index (χ0) is 13.5. The number of amides is 2. The summed E-state index contributed by atoms with van der Waals surface area (Å²) in [6.45, 7) is 6.65. The highest BCUT2D eigenvalue weighted by Crippen LogP contribution is 2.05. The first kappa shape index (κ1) is 13.9. The van der Waals surface area contributed by atoms with E-state index >= 15 is 0 Å². The van der Waals surface area contributed by atoms with Crippen molar-refractivity contribution < 1.29 is 4.79 Å². The molecule has 0 aromatic carbocycles. The molecule has 1 aromatic rings. The number of likely N-dealkylation sites (tertiary alicyclic amines) is 1. The SMILES string of the molecule is C[C@@H](Cn1cccn1)NC(=O)NCCN1CCCC1. The van der Waals surface area contributed by atoms with Gasteiger partial charge in [-0.15, -0.1) is 0 Å². The van der Waals surface area contributed by atoms with Crippen LogP contribution in [-0.4, -0.2) is 52.9 Å². The molecule has 0 saturated carbocycles. The second kappa shape index (κ2) is 7.13. The number of hydrogen-bond acceptors (Lipinski definition) is 3. The Morgan fingerprint density at radius 1 is 1.42 bits per heavy atom. The Kier molecular flexibility index (Phi) is 5.20. The molecule has 0 spiro atoms. The molecule has 0 unspecified atom stereocenters. The van der Waals surface area contributed by atoms with Gasteiger partial charge in [-0.1, -0.05) is 0 Å². The topological polar surface area (TPSA) is 62.2 Å². The minimum Gasteiger partial charge on any atom is -0.337 e. The summed E-state index contributed by atoms with van der Waals surface area (Å²) in [5.41, 5.74) is 0. The lowest BCUT2D eigenvalue weighted by Gasteiger charge is -2.17. The summed E-state index contributed by atoms with van der Waals surface area (Å²) in [7, 11) is 0. The van der Waals surface area contributed by atoms with Crippen molar-refractivity contribution in [3.63, 3.8) is 0 Å². The maximum atomic E-state index is 11.7. The lowest BCUT2D eigenvalue weighted by molar-refractivity contribution is 0.233. The van der Waals surface area contributed by atoms with Crippen LogP contribution in [0, 0.1) is 0 Å². The first-order valence-corrected chi connectivity index (χ1v) is 6.98. The van der Waals surface area contributed by atoms with Crippen molar-refractivity contribution in [2.24, 2.45) is 0 Å². The smallest absolute Gasteiger partial charge is 0.315 e. The number of hydrogen-bond donors (Lipinski definition) is 2. The number of urea groups is 1. The van der Waals surface area contributed by atoms with Gasteiger partial charge in [-0.3, -0.25) is 4.68 Å². The molecule has 0 bridgehead atoms. The van der Waals surface area contributed by atoms with E-state index in [1.807, 2.05) is 23.9 Å². The summed E-state index contributed by atoms with van der Waals surface area (Å²) in [4.78, 5) is 14.1. The van der Waals surface area contributed by atoms with Crippen LogP contribution in [0.4, 0.5) is 4.79 Å². The minimum absolute atomic E-state index is 0.0617. The van der Waals surface area contributed by atoms with Gasteiger partial charge in [0.2, 0.25) is 0 Å². The second-order valence-electron chi connectivity index (χ2n) is 5.08. The van der Waals surface area contributed by atoms with E-state index in [4.69, 9.17) is 0 Å². The molecule has 1 aliphatic rings. The Morgan fingerprint density at radius 2 is 2.21 bits per heavy atom. The van der Waals surface area contributed by atoms with Crippen LogP contribution in [0.5, 0.6) is 0 Å². The Morgan fingerprint density at radius 3 is 2.89 bits per heavy atom. The van der Waals surface area contributed by atoms with E-state index in [0.29, 0.717) is 13.1 Å². The fourth-order valence-corrected chi connectivity index (χ4v) is 2.34. The highest BCUT2D eigenvalue weighted by Gasteiger charge is 2.12. The Bertz CT molecular complexity index is 372. The molecular weight excluding hydrogens is 242 g/mol. The van der Waals surface area contributed by atoms with Crippen LogP contribution in [0.15, 0.2) is 18.5 Å². The fourth-order valence-electron chi connectivity index (χ4n) is 2.34. The van der Waals surface area contributed by atoms with E-state index in [-0.39, 0.29) is 12.1 Å². The fraction of sp³-hybridized carbons (Fsp3) is 0.692. The van der Waals surface area contributed by atoms with Crippen molar-refractivity contribution in [1.82, 2.24) is 25.3 Å². The second-order valence-corrected chi connectivity index (χ2v) is 5.08. The lowest BCUT2D eigenvalue weighted by Crippen LogP contribution is -2.44. The van der Waals surface area contributed by atoms with Gasteiger partial charge in [0.15, 0.2) is 0 Å². The molecule has 1 fully saturated rings. The molecular formula is C13H23N5O. The Labute approximate surface area is 114 Å². The monoisotopic (exact) mass is 265 g/mol. The third-order valence-corrected chi connectivity index (χ3v) is 3.31. The number of aromatic nitrogens is 2. The number of rotatable bonds is 6. The standard InChI is InChI=1S/C13H23N5O/c1-12(11-18-9-4-5-15-18)16-13(19)14-6-10-17-7-2-3-8-17/h4-5,9,12H,2-3,6-8,10-11H2,1H3,(H2,14,16,19)/t12-/m0/s1. The Balaban J connectivity index is 1.58. The third kappa shape index (κ3) is 4.90. The molecule has 6 nitrogen and oxygen atoms in total. The summed E-state index contributed by atoms with van der Waals surface area (Å²) in [6, 6.07) is 1.84. The van der Waals surface area contributed by atoms with Crippen molar-refractivity contribution in [3.8, 4) is 0 Å². The minimum atomic E-state index is -0.0983. The number of carbonyl (C=O) groups excluding carboxylic acids is 1. The van der Waals surface area contributed by atoms with Crippen molar-refractivity contribution in [3.05, 3.63) is 18.5 Å². The van der Waals surface area contributed by atoms with Crippen LogP contribution in [-0.2, 0) is 6.54 Å². The molecule has 2 heterocycles. The van der Waals surface area contributed by atoms with Crippen LogP contribution < -0.4 is 10.6 Å². The predicted octanol–water partition coefficient (Wildman–Crippen LogP) is 0.667. The highest BCUT2D eigenvalue weighted by molar-refractivity contribution is 5.74. The summed E-state index contributed by atoms with van der Waals surface area (Å²) in [5, 5.41) is 9.93. The molecule has 2 amide bonds. The van der Waals surface area contributed by atoms with Gasteiger partial charge >= 0.3 is 6.03 Å². The van der Waals surface area contributed by atoms with Gasteiger partial charge in [-0.2, -0.15) is 5.10 Å². The molecule has 2 rings (SSSR count). The average Bonchev–Trinajstić information content (AvgIpc) is 3.01. The molecule has 0 radical (unpaired) electrons. The maximum absolute atomic E-state index is 11.7. The number of carbonyl (C=O) groups is 1. The molecule has 106 valence electrons. The molecule has 1 aliphatic heterocycles. The summed E-state index contributed by atoms with van der Waals surface area (Å²) in [5.74, 6) is 0. The van der Waals surface area contributed by atoms with E-state index in [0.717, 1.165) is 6.54 Å². The zero-order valence-corrected chi connectivity index (χ0v) is 11.5. The van der Waals surface area contributed by atoms with Gasteiger partial charge in [-0.05, 0) is 38.9 Å². The van der Waals surface area contributed by atoms with E-state index in [1.165, 1.54) is 25.9 Å². The van der Waals surface area contributed by atoms with Crippen molar-refractivity contribution >= 4 is 6.03 Å². The van der Waals surface area contributed by atoms with Crippen LogP contribution in [0.25, 0.3) is 0 Å². The zero-order valence-electron chi connectivity index (χ0n) is 11.5. The summed E-state index contributed by atoms with van der Waals surface area (Å²) >= 11 is 0. The van der Waals surface area contributed by atoms with Crippen LogP contribution in [0.2, 0.25) is 0 Å².